The monoisotopic (exact) mass is 261 g/mol. The van der Waals surface area contributed by atoms with Crippen molar-refractivity contribution >= 4 is 28.1 Å². The van der Waals surface area contributed by atoms with Gasteiger partial charge in [0.2, 0.25) is 0 Å². The van der Waals surface area contributed by atoms with Gasteiger partial charge in [0.1, 0.15) is 0 Å². The topological polar surface area (TPSA) is 52.3 Å². The average Bonchev–Trinajstić information content (AvgIpc) is 2.21. The van der Waals surface area contributed by atoms with Crippen molar-refractivity contribution in [1.29, 1.82) is 0 Å². The van der Waals surface area contributed by atoms with Gasteiger partial charge in [-0.3, -0.25) is 4.21 Å². The van der Waals surface area contributed by atoms with Gasteiger partial charge in [-0.05, 0) is 32.0 Å². The fourth-order valence-electron chi connectivity index (χ4n) is 1.13. The Balaban J connectivity index is 2.56. The van der Waals surface area contributed by atoms with Gasteiger partial charge >= 0.3 is 0 Å². The molecule has 16 heavy (non-hydrogen) atoms. The van der Waals surface area contributed by atoms with Crippen molar-refractivity contribution in [3.8, 4) is 0 Å². The van der Waals surface area contributed by atoms with E-state index in [4.69, 9.17) is 22.1 Å². The molecule has 1 aromatic rings. The summed E-state index contributed by atoms with van der Waals surface area (Å²) in [4.78, 5) is 0.687. The third-order valence-corrected chi connectivity index (χ3v) is 3.60. The molecule has 0 heterocycles. The van der Waals surface area contributed by atoms with Crippen molar-refractivity contribution in [2.75, 3.05) is 18.1 Å². The van der Waals surface area contributed by atoms with Crippen LogP contribution in [-0.2, 0) is 15.5 Å². The molecule has 0 spiro atoms. The van der Waals surface area contributed by atoms with Crippen LogP contribution >= 0.6 is 11.6 Å². The first-order chi connectivity index (χ1) is 7.50. The minimum Gasteiger partial charge on any atom is -0.398 e. The van der Waals surface area contributed by atoms with Gasteiger partial charge < -0.3 is 10.5 Å². The average molecular weight is 262 g/mol. The lowest BCUT2D eigenvalue weighted by Gasteiger charge is -2.07. The number of hydrogen-bond donors (Lipinski definition) is 1. The Labute approximate surface area is 103 Å². The molecule has 1 aromatic carbocycles. The molecular formula is C11H16ClNO2S. The summed E-state index contributed by atoms with van der Waals surface area (Å²) in [7, 11) is -1.08. The summed E-state index contributed by atoms with van der Waals surface area (Å²) in [5, 5.41) is 0.440. The number of ether oxygens (including phenoxy) is 1. The number of rotatable bonds is 5. The van der Waals surface area contributed by atoms with E-state index in [1.54, 1.807) is 18.2 Å². The molecule has 2 N–H and O–H groups in total. The standard InChI is InChI=1S/C11H16ClNO2S/c1-8(2)15-5-6-16(14)9-3-4-11(13)10(12)7-9/h3-4,7-8H,5-6,13H2,1-2H3. The third kappa shape index (κ3) is 4.12. The predicted octanol–water partition coefficient (Wildman–Crippen LogP) is 2.45. The first kappa shape index (κ1) is 13.5. The molecule has 1 unspecified atom stereocenters. The van der Waals surface area contributed by atoms with E-state index < -0.39 is 10.8 Å². The van der Waals surface area contributed by atoms with Crippen LogP contribution in [0.4, 0.5) is 5.69 Å². The molecule has 0 radical (unpaired) electrons. The molecule has 0 saturated carbocycles. The molecule has 90 valence electrons. The highest BCUT2D eigenvalue weighted by atomic mass is 35.5. The molecule has 0 aliphatic rings. The highest BCUT2D eigenvalue weighted by Crippen LogP contribution is 2.21. The molecule has 0 aromatic heterocycles. The summed E-state index contributed by atoms with van der Waals surface area (Å²) in [6, 6.07) is 5.04. The molecule has 1 rings (SSSR count). The number of hydrogen-bond acceptors (Lipinski definition) is 3. The van der Waals surface area contributed by atoms with Crippen LogP contribution in [0.3, 0.4) is 0 Å². The summed E-state index contributed by atoms with van der Waals surface area (Å²) in [5.74, 6) is 0.471. The molecule has 5 heteroatoms. The summed E-state index contributed by atoms with van der Waals surface area (Å²) in [6.45, 7) is 4.37. The van der Waals surface area contributed by atoms with Crippen molar-refractivity contribution in [2.24, 2.45) is 0 Å². The molecule has 0 fully saturated rings. The van der Waals surface area contributed by atoms with E-state index in [0.717, 1.165) is 0 Å². The summed E-state index contributed by atoms with van der Waals surface area (Å²) in [6.07, 6.45) is 0.159. The van der Waals surface area contributed by atoms with Crippen LogP contribution in [0.25, 0.3) is 0 Å². The SMILES string of the molecule is CC(C)OCCS(=O)c1ccc(N)c(Cl)c1. The highest BCUT2D eigenvalue weighted by Gasteiger charge is 2.06. The molecule has 0 bridgehead atoms. The van der Waals surface area contributed by atoms with Gasteiger partial charge in [-0.1, -0.05) is 11.6 Å². The van der Waals surface area contributed by atoms with Crippen LogP contribution in [0.5, 0.6) is 0 Å². The molecule has 0 amide bonds. The van der Waals surface area contributed by atoms with Crippen LogP contribution in [0.15, 0.2) is 23.1 Å². The fourth-order valence-corrected chi connectivity index (χ4v) is 2.32. The van der Waals surface area contributed by atoms with Gasteiger partial charge in [0, 0.05) is 4.90 Å². The van der Waals surface area contributed by atoms with Crippen molar-refractivity contribution < 1.29 is 8.95 Å². The first-order valence-corrected chi connectivity index (χ1v) is 6.75. The number of benzene rings is 1. The Morgan fingerprint density at radius 3 is 2.75 bits per heavy atom. The van der Waals surface area contributed by atoms with E-state index in [9.17, 15) is 4.21 Å². The normalized spacial score (nSPS) is 13.0. The van der Waals surface area contributed by atoms with E-state index in [-0.39, 0.29) is 6.10 Å². The maximum absolute atomic E-state index is 11.8. The van der Waals surface area contributed by atoms with Gasteiger partial charge in [0.25, 0.3) is 0 Å². The number of nitrogen functional groups attached to an aromatic ring is 1. The maximum atomic E-state index is 11.8. The Kier molecular flexibility index (Phi) is 5.25. The molecule has 0 aliphatic carbocycles. The Hall–Kier alpha value is -0.580. The Bertz CT molecular complexity index is 382. The second-order valence-corrected chi connectivity index (χ2v) is 5.63. The second kappa shape index (κ2) is 6.23. The van der Waals surface area contributed by atoms with E-state index in [2.05, 4.69) is 0 Å². The molecule has 3 nitrogen and oxygen atoms in total. The van der Waals surface area contributed by atoms with Crippen LogP contribution in [0, 0.1) is 0 Å². The Morgan fingerprint density at radius 1 is 1.50 bits per heavy atom. The quantitative estimate of drug-likeness (QED) is 0.829. The minimum atomic E-state index is -1.08. The molecule has 0 saturated heterocycles. The van der Waals surface area contributed by atoms with Gasteiger partial charge in [-0.2, -0.15) is 0 Å². The predicted molar refractivity (Wildman–Crippen MR) is 68.2 cm³/mol. The van der Waals surface area contributed by atoms with E-state index in [1.165, 1.54) is 0 Å². The van der Waals surface area contributed by atoms with E-state index in [1.807, 2.05) is 13.8 Å². The van der Waals surface area contributed by atoms with Crippen molar-refractivity contribution in [2.45, 2.75) is 24.8 Å². The zero-order chi connectivity index (χ0) is 12.1. The smallest absolute Gasteiger partial charge is 0.0647 e. The molecular weight excluding hydrogens is 246 g/mol. The highest BCUT2D eigenvalue weighted by molar-refractivity contribution is 7.85. The zero-order valence-corrected chi connectivity index (χ0v) is 11.0. The number of nitrogens with two attached hydrogens (primary N) is 1. The van der Waals surface area contributed by atoms with Gasteiger partial charge in [-0.15, -0.1) is 0 Å². The lowest BCUT2D eigenvalue weighted by molar-refractivity contribution is 0.0916. The van der Waals surface area contributed by atoms with E-state index >= 15 is 0 Å². The van der Waals surface area contributed by atoms with Crippen LogP contribution in [0.1, 0.15) is 13.8 Å². The largest absolute Gasteiger partial charge is 0.398 e. The second-order valence-electron chi connectivity index (χ2n) is 3.65. The van der Waals surface area contributed by atoms with Crippen molar-refractivity contribution in [3.05, 3.63) is 23.2 Å². The number of anilines is 1. The van der Waals surface area contributed by atoms with Crippen LogP contribution in [0.2, 0.25) is 5.02 Å². The van der Waals surface area contributed by atoms with Gasteiger partial charge in [0.15, 0.2) is 0 Å². The lowest BCUT2D eigenvalue weighted by atomic mass is 10.3. The summed E-state index contributed by atoms with van der Waals surface area (Å²) in [5.41, 5.74) is 6.07. The minimum absolute atomic E-state index is 0.159. The molecule has 0 aliphatic heterocycles. The van der Waals surface area contributed by atoms with Crippen molar-refractivity contribution in [3.63, 3.8) is 0 Å². The van der Waals surface area contributed by atoms with Crippen molar-refractivity contribution in [1.82, 2.24) is 0 Å². The number of halogens is 1. The zero-order valence-electron chi connectivity index (χ0n) is 9.40. The lowest BCUT2D eigenvalue weighted by Crippen LogP contribution is -2.11. The van der Waals surface area contributed by atoms with Crippen LogP contribution in [-0.4, -0.2) is 22.7 Å². The third-order valence-electron chi connectivity index (χ3n) is 1.95. The van der Waals surface area contributed by atoms with Gasteiger partial charge in [0.05, 0.1) is 40.0 Å². The fraction of sp³-hybridized carbons (Fsp3) is 0.455. The Morgan fingerprint density at radius 2 is 2.19 bits per heavy atom. The summed E-state index contributed by atoms with van der Waals surface area (Å²) < 4.78 is 17.2. The first-order valence-electron chi connectivity index (χ1n) is 5.05. The van der Waals surface area contributed by atoms with Crippen LogP contribution < -0.4 is 5.73 Å². The summed E-state index contributed by atoms with van der Waals surface area (Å²) >= 11 is 5.85. The van der Waals surface area contributed by atoms with Gasteiger partial charge in [-0.25, -0.2) is 0 Å². The van der Waals surface area contributed by atoms with E-state index in [0.29, 0.717) is 28.0 Å². The maximum Gasteiger partial charge on any atom is 0.0647 e. The molecule has 1 atom stereocenters.